The van der Waals surface area contributed by atoms with Gasteiger partial charge < -0.3 is 0 Å². The van der Waals surface area contributed by atoms with Crippen LogP contribution in [0.5, 0.6) is 0 Å². The lowest BCUT2D eigenvalue weighted by atomic mass is 10.1. The number of nitrogens with one attached hydrogen (secondary N) is 1. The standard InChI is InChI=1S/C19H26N2O2S2/c1-3-21(4-2)19(17-10-11-24-14-17)13-20-25(22,23)18-9-8-15-6-5-7-16(15)12-18/h8-12,14,19-20H,3-7,13H2,1-2H3. The average Bonchev–Trinajstić information content (AvgIpc) is 3.29. The summed E-state index contributed by atoms with van der Waals surface area (Å²) in [5, 5.41) is 4.15. The first-order chi connectivity index (χ1) is 12.0. The smallest absolute Gasteiger partial charge is 0.240 e. The Morgan fingerprint density at radius 1 is 1.16 bits per heavy atom. The Balaban J connectivity index is 1.77. The van der Waals surface area contributed by atoms with Crippen LogP contribution in [0.2, 0.25) is 0 Å². The molecule has 1 aromatic heterocycles. The molecular formula is C19H26N2O2S2. The highest BCUT2D eigenvalue weighted by molar-refractivity contribution is 7.89. The van der Waals surface area contributed by atoms with Crippen molar-refractivity contribution >= 4 is 21.4 Å². The topological polar surface area (TPSA) is 49.4 Å². The Kier molecular flexibility index (Phi) is 5.94. The number of thiophene rings is 1. The van der Waals surface area contributed by atoms with E-state index in [-0.39, 0.29) is 6.04 Å². The Morgan fingerprint density at radius 3 is 2.60 bits per heavy atom. The van der Waals surface area contributed by atoms with E-state index in [9.17, 15) is 8.42 Å². The zero-order valence-corrected chi connectivity index (χ0v) is 16.5. The minimum Gasteiger partial charge on any atom is -0.296 e. The molecule has 0 spiro atoms. The summed E-state index contributed by atoms with van der Waals surface area (Å²) in [5.74, 6) is 0. The lowest BCUT2D eigenvalue weighted by Crippen LogP contribution is -2.37. The molecule has 1 atom stereocenters. The van der Waals surface area contributed by atoms with Gasteiger partial charge in [-0.3, -0.25) is 4.90 Å². The second kappa shape index (κ2) is 7.99. The van der Waals surface area contributed by atoms with Crippen LogP contribution in [0.1, 0.15) is 43.0 Å². The zero-order chi connectivity index (χ0) is 17.9. The van der Waals surface area contributed by atoms with Gasteiger partial charge in [-0.1, -0.05) is 19.9 Å². The quantitative estimate of drug-likeness (QED) is 0.763. The van der Waals surface area contributed by atoms with Crippen LogP contribution in [0.15, 0.2) is 39.9 Å². The number of fused-ring (bicyclic) bond motifs is 1. The number of hydrogen-bond acceptors (Lipinski definition) is 4. The van der Waals surface area contributed by atoms with E-state index < -0.39 is 10.0 Å². The fraction of sp³-hybridized carbons (Fsp3) is 0.474. The predicted molar refractivity (Wildman–Crippen MR) is 104 cm³/mol. The summed E-state index contributed by atoms with van der Waals surface area (Å²) in [7, 11) is -3.49. The summed E-state index contributed by atoms with van der Waals surface area (Å²) in [4.78, 5) is 2.67. The largest absolute Gasteiger partial charge is 0.296 e. The number of benzene rings is 1. The van der Waals surface area contributed by atoms with Crippen molar-refractivity contribution in [3.05, 3.63) is 51.7 Å². The third-order valence-electron chi connectivity index (χ3n) is 5.03. The number of nitrogens with zero attached hydrogens (tertiary/aromatic N) is 1. The highest BCUT2D eigenvalue weighted by Gasteiger charge is 2.23. The number of hydrogen-bond donors (Lipinski definition) is 1. The van der Waals surface area contributed by atoms with Gasteiger partial charge in [-0.15, -0.1) is 0 Å². The lowest BCUT2D eigenvalue weighted by molar-refractivity contribution is 0.220. The Morgan fingerprint density at radius 2 is 1.92 bits per heavy atom. The van der Waals surface area contributed by atoms with Gasteiger partial charge in [0.1, 0.15) is 0 Å². The van der Waals surface area contributed by atoms with Gasteiger partial charge in [-0.05, 0) is 78.0 Å². The molecule has 1 aliphatic rings. The number of rotatable bonds is 8. The first-order valence-electron chi connectivity index (χ1n) is 8.92. The van der Waals surface area contributed by atoms with Crippen LogP contribution in [0.3, 0.4) is 0 Å². The number of sulfonamides is 1. The van der Waals surface area contributed by atoms with Crippen LogP contribution in [-0.2, 0) is 22.9 Å². The van der Waals surface area contributed by atoms with Crippen molar-refractivity contribution < 1.29 is 8.42 Å². The molecule has 6 heteroatoms. The molecule has 0 radical (unpaired) electrons. The molecule has 1 N–H and O–H groups in total. The van der Waals surface area contributed by atoms with Crippen molar-refractivity contribution in [1.29, 1.82) is 0 Å². The third-order valence-corrected chi connectivity index (χ3v) is 7.15. The van der Waals surface area contributed by atoms with Gasteiger partial charge in [0.25, 0.3) is 0 Å². The molecule has 0 saturated heterocycles. The van der Waals surface area contributed by atoms with E-state index in [4.69, 9.17) is 0 Å². The third kappa shape index (κ3) is 4.14. The van der Waals surface area contributed by atoms with Crippen molar-refractivity contribution in [1.82, 2.24) is 9.62 Å². The van der Waals surface area contributed by atoms with Gasteiger partial charge in [0, 0.05) is 12.6 Å². The SMILES string of the molecule is CCN(CC)C(CNS(=O)(=O)c1ccc2c(c1)CCC2)c1ccsc1. The van der Waals surface area contributed by atoms with Gasteiger partial charge >= 0.3 is 0 Å². The van der Waals surface area contributed by atoms with Crippen LogP contribution in [0.25, 0.3) is 0 Å². The van der Waals surface area contributed by atoms with Crippen LogP contribution < -0.4 is 4.72 Å². The zero-order valence-electron chi connectivity index (χ0n) is 14.9. The van der Waals surface area contributed by atoms with E-state index in [0.717, 1.165) is 32.4 Å². The number of aryl methyl sites for hydroxylation is 2. The second-order valence-electron chi connectivity index (χ2n) is 6.43. The minimum atomic E-state index is -3.49. The van der Waals surface area contributed by atoms with Crippen LogP contribution in [0.4, 0.5) is 0 Å². The van der Waals surface area contributed by atoms with Gasteiger partial charge in [-0.2, -0.15) is 11.3 Å². The fourth-order valence-electron chi connectivity index (χ4n) is 3.57. The molecule has 136 valence electrons. The molecule has 0 amide bonds. The molecule has 1 aromatic carbocycles. The van der Waals surface area contributed by atoms with Crippen LogP contribution in [0, 0.1) is 0 Å². The molecule has 1 unspecified atom stereocenters. The van der Waals surface area contributed by atoms with E-state index in [1.807, 2.05) is 17.5 Å². The monoisotopic (exact) mass is 378 g/mol. The lowest BCUT2D eigenvalue weighted by Gasteiger charge is -2.29. The molecule has 25 heavy (non-hydrogen) atoms. The summed E-state index contributed by atoms with van der Waals surface area (Å²) in [5.41, 5.74) is 3.64. The Hall–Kier alpha value is -1.21. The molecule has 1 heterocycles. The highest BCUT2D eigenvalue weighted by atomic mass is 32.2. The van der Waals surface area contributed by atoms with E-state index >= 15 is 0 Å². The normalized spacial score (nSPS) is 15.5. The average molecular weight is 379 g/mol. The van der Waals surface area contributed by atoms with E-state index in [0.29, 0.717) is 11.4 Å². The van der Waals surface area contributed by atoms with Crippen molar-refractivity contribution in [3.8, 4) is 0 Å². The highest BCUT2D eigenvalue weighted by Crippen LogP contribution is 2.26. The first-order valence-corrected chi connectivity index (χ1v) is 11.4. The molecule has 1 aliphatic carbocycles. The molecule has 3 rings (SSSR count). The Labute approximate surface area is 154 Å². The summed E-state index contributed by atoms with van der Waals surface area (Å²) < 4.78 is 28.4. The molecule has 0 bridgehead atoms. The summed E-state index contributed by atoms with van der Waals surface area (Å²) >= 11 is 1.65. The Bertz CT molecular complexity index is 797. The predicted octanol–water partition coefficient (Wildman–Crippen LogP) is 3.60. The van der Waals surface area contributed by atoms with E-state index in [2.05, 4.69) is 34.9 Å². The minimum absolute atomic E-state index is 0.0606. The molecule has 0 fully saturated rings. The molecule has 2 aromatic rings. The van der Waals surface area contributed by atoms with Crippen molar-refractivity contribution in [3.63, 3.8) is 0 Å². The van der Waals surface area contributed by atoms with Gasteiger partial charge in [0.2, 0.25) is 10.0 Å². The summed E-state index contributed by atoms with van der Waals surface area (Å²) in [6.45, 7) is 6.38. The van der Waals surface area contributed by atoms with E-state index in [1.165, 1.54) is 16.7 Å². The van der Waals surface area contributed by atoms with Crippen molar-refractivity contribution in [2.45, 2.75) is 44.0 Å². The van der Waals surface area contributed by atoms with Gasteiger partial charge in [0.05, 0.1) is 4.90 Å². The van der Waals surface area contributed by atoms with Gasteiger partial charge in [0.15, 0.2) is 0 Å². The maximum atomic E-state index is 12.8. The van der Waals surface area contributed by atoms with Gasteiger partial charge in [-0.25, -0.2) is 13.1 Å². The maximum absolute atomic E-state index is 12.8. The molecular weight excluding hydrogens is 352 g/mol. The summed E-state index contributed by atoms with van der Waals surface area (Å²) in [6.07, 6.45) is 3.16. The molecule has 0 aliphatic heterocycles. The van der Waals surface area contributed by atoms with E-state index in [1.54, 1.807) is 17.4 Å². The number of likely N-dealkylation sites (N-methyl/N-ethyl adjacent to an activating group) is 1. The van der Waals surface area contributed by atoms with Crippen molar-refractivity contribution in [2.75, 3.05) is 19.6 Å². The summed E-state index contributed by atoms with van der Waals surface area (Å²) in [6, 6.07) is 7.70. The van der Waals surface area contributed by atoms with Crippen LogP contribution in [-0.4, -0.2) is 33.0 Å². The second-order valence-corrected chi connectivity index (χ2v) is 8.98. The fourth-order valence-corrected chi connectivity index (χ4v) is 5.37. The molecule has 0 saturated carbocycles. The first kappa shape index (κ1) is 18.6. The maximum Gasteiger partial charge on any atom is 0.240 e. The van der Waals surface area contributed by atoms with Crippen molar-refractivity contribution in [2.24, 2.45) is 0 Å². The molecule has 4 nitrogen and oxygen atoms in total. The van der Waals surface area contributed by atoms with Crippen LogP contribution >= 0.6 is 11.3 Å².